The van der Waals surface area contributed by atoms with E-state index in [4.69, 9.17) is 0 Å². The minimum atomic E-state index is 0.560. The Labute approximate surface area is 107 Å². The predicted octanol–water partition coefficient (Wildman–Crippen LogP) is 1.71. The van der Waals surface area contributed by atoms with Crippen LogP contribution in [-0.2, 0) is 6.54 Å². The summed E-state index contributed by atoms with van der Waals surface area (Å²) in [6.07, 6.45) is 5.00. The summed E-state index contributed by atoms with van der Waals surface area (Å²) in [4.78, 5) is 0. The summed E-state index contributed by atoms with van der Waals surface area (Å²) in [6.45, 7) is 3.00. The van der Waals surface area contributed by atoms with Gasteiger partial charge in [-0.1, -0.05) is 12.1 Å². The molecule has 0 amide bonds. The average Bonchev–Trinajstić information content (AvgIpc) is 3.03. The van der Waals surface area contributed by atoms with E-state index >= 15 is 0 Å². The first-order chi connectivity index (χ1) is 8.90. The molecule has 2 heterocycles. The van der Waals surface area contributed by atoms with Crippen molar-refractivity contribution in [2.24, 2.45) is 0 Å². The molecule has 0 radical (unpaired) electrons. The highest BCUT2D eigenvalue weighted by Gasteiger charge is 2.13. The zero-order chi connectivity index (χ0) is 12.2. The maximum Gasteiger partial charge on any atom is 0.0660 e. The van der Waals surface area contributed by atoms with E-state index in [1.165, 1.54) is 17.7 Å². The molecule has 0 aliphatic carbocycles. The van der Waals surface area contributed by atoms with E-state index in [-0.39, 0.29) is 0 Å². The number of aromatic nitrogens is 2. The Bertz CT molecular complexity index is 486. The molecule has 1 saturated heterocycles. The van der Waals surface area contributed by atoms with Crippen LogP contribution in [0.25, 0.3) is 0 Å². The third kappa shape index (κ3) is 2.71. The first-order valence-corrected chi connectivity index (χ1v) is 6.44. The number of hydrogen-bond acceptors (Lipinski definition) is 3. The van der Waals surface area contributed by atoms with Crippen LogP contribution in [-0.4, -0.2) is 28.9 Å². The van der Waals surface area contributed by atoms with Crippen LogP contribution in [0, 0.1) is 0 Å². The van der Waals surface area contributed by atoms with E-state index in [1.807, 2.05) is 23.1 Å². The molecule has 0 spiro atoms. The van der Waals surface area contributed by atoms with Gasteiger partial charge in [-0.3, -0.25) is 4.68 Å². The molecule has 1 unspecified atom stereocenters. The summed E-state index contributed by atoms with van der Waals surface area (Å²) in [7, 11) is 0. The van der Waals surface area contributed by atoms with Gasteiger partial charge in [-0.15, -0.1) is 0 Å². The lowest BCUT2D eigenvalue weighted by Gasteiger charge is -2.13. The van der Waals surface area contributed by atoms with Crippen LogP contribution in [0.3, 0.4) is 0 Å². The second kappa shape index (κ2) is 5.23. The van der Waals surface area contributed by atoms with Crippen molar-refractivity contribution in [2.45, 2.75) is 19.0 Å². The van der Waals surface area contributed by atoms with Gasteiger partial charge in [0.25, 0.3) is 0 Å². The van der Waals surface area contributed by atoms with E-state index in [0.717, 1.165) is 19.6 Å². The maximum absolute atomic E-state index is 4.23. The summed E-state index contributed by atoms with van der Waals surface area (Å²) < 4.78 is 1.94. The van der Waals surface area contributed by atoms with Gasteiger partial charge in [0, 0.05) is 30.7 Å². The molecule has 1 aromatic carbocycles. The third-order valence-electron chi connectivity index (χ3n) is 3.26. The minimum Gasteiger partial charge on any atom is -0.381 e. The summed E-state index contributed by atoms with van der Waals surface area (Å²) in [6, 6.07) is 11.1. The van der Waals surface area contributed by atoms with Gasteiger partial charge in [0.1, 0.15) is 0 Å². The average molecular weight is 242 g/mol. The van der Waals surface area contributed by atoms with E-state index in [9.17, 15) is 0 Å². The van der Waals surface area contributed by atoms with E-state index in [2.05, 4.69) is 40.0 Å². The molecule has 1 aromatic heterocycles. The molecule has 1 aliphatic rings. The van der Waals surface area contributed by atoms with Gasteiger partial charge in [0.15, 0.2) is 0 Å². The van der Waals surface area contributed by atoms with Crippen molar-refractivity contribution in [3.05, 3.63) is 48.3 Å². The summed E-state index contributed by atoms with van der Waals surface area (Å²) in [5.74, 6) is 0. The van der Waals surface area contributed by atoms with E-state index < -0.39 is 0 Å². The Balaban J connectivity index is 1.68. The van der Waals surface area contributed by atoms with Crippen molar-refractivity contribution in [1.29, 1.82) is 0 Å². The fourth-order valence-electron chi connectivity index (χ4n) is 2.35. The molecule has 0 saturated carbocycles. The van der Waals surface area contributed by atoms with Crippen LogP contribution < -0.4 is 10.6 Å². The second-order valence-corrected chi connectivity index (χ2v) is 4.74. The van der Waals surface area contributed by atoms with Crippen molar-refractivity contribution in [3.63, 3.8) is 0 Å². The van der Waals surface area contributed by atoms with Crippen molar-refractivity contribution >= 4 is 5.69 Å². The maximum atomic E-state index is 4.23. The smallest absolute Gasteiger partial charge is 0.0660 e. The van der Waals surface area contributed by atoms with Gasteiger partial charge >= 0.3 is 0 Å². The molecule has 2 N–H and O–H groups in total. The molecule has 1 fully saturated rings. The van der Waals surface area contributed by atoms with E-state index in [1.54, 1.807) is 0 Å². The molecule has 3 rings (SSSR count). The lowest BCUT2D eigenvalue weighted by atomic mass is 10.1. The highest BCUT2D eigenvalue weighted by atomic mass is 15.3. The Morgan fingerprint density at radius 3 is 3.17 bits per heavy atom. The molecule has 2 aromatic rings. The van der Waals surface area contributed by atoms with Crippen molar-refractivity contribution in [1.82, 2.24) is 15.1 Å². The highest BCUT2D eigenvalue weighted by molar-refractivity contribution is 5.46. The van der Waals surface area contributed by atoms with Crippen LogP contribution in [0.15, 0.2) is 42.7 Å². The fourth-order valence-corrected chi connectivity index (χ4v) is 2.35. The van der Waals surface area contributed by atoms with Crippen molar-refractivity contribution in [2.75, 3.05) is 18.4 Å². The van der Waals surface area contributed by atoms with Gasteiger partial charge in [-0.2, -0.15) is 5.10 Å². The summed E-state index contributed by atoms with van der Waals surface area (Å²) in [5.41, 5.74) is 2.48. The number of nitrogens with zero attached hydrogens (tertiary/aromatic N) is 2. The quantitative estimate of drug-likeness (QED) is 0.857. The molecular weight excluding hydrogens is 224 g/mol. The number of anilines is 1. The fraction of sp³-hybridized carbons (Fsp3) is 0.357. The van der Waals surface area contributed by atoms with Crippen LogP contribution in [0.5, 0.6) is 0 Å². The molecule has 18 heavy (non-hydrogen) atoms. The summed E-state index contributed by atoms with van der Waals surface area (Å²) >= 11 is 0. The van der Waals surface area contributed by atoms with Gasteiger partial charge in [0.05, 0.1) is 6.54 Å². The zero-order valence-electron chi connectivity index (χ0n) is 10.3. The highest BCUT2D eigenvalue weighted by Crippen LogP contribution is 2.14. The van der Waals surface area contributed by atoms with Gasteiger partial charge in [-0.25, -0.2) is 0 Å². The largest absolute Gasteiger partial charge is 0.381 e. The molecule has 0 bridgehead atoms. The number of rotatable bonds is 4. The molecule has 4 nitrogen and oxygen atoms in total. The minimum absolute atomic E-state index is 0.560. The first kappa shape index (κ1) is 11.3. The first-order valence-electron chi connectivity index (χ1n) is 6.44. The number of nitrogens with one attached hydrogen (secondary N) is 2. The topological polar surface area (TPSA) is 41.9 Å². The SMILES string of the molecule is c1cc(Cn2cccn2)cc(NC2CCNC2)c1. The van der Waals surface area contributed by atoms with Crippen molar-refractivity contribution < 1.29 is 0 Å². The zero-order valence-corrected chi connectivity index (χ0v) is 10.3. The second-order valence-electron chi connectivity index (χ2n) is 4.74. The molecule has 94 valence electrons. The van der Waals surface area contributed by atoms with E-state index in [0.29, 0.717) is 6.04 Å². The Morgan fingerprint density at radius 1 is 1.39 bits per heavy atom. The van der Waals surface area contributed by atoms with Crippen LogP contribution in [0.4, 0.5) is 5.69 Å². The normalized spacial score (nSPS) is 19.0. The Hall–Kier alpha value is -1.81. The molecule has 4 heteroatoms. The van der Waals surface area contributed by atoms with Gasteiger partial charge in [0.2, 0.25) is 0 Å². The van der Waals surface area contributed by atoms with Crippen LogP contribution >= 0.6 is 0 Å². The number of benzene rings is 1. The van der Waals surface area contributed by atoms with Gasteiger partial charge < -0.3 is 10.6 Å². The molecule has 1 aliphatic heterocycles. The number of hydrogen-bond donors (Lipinski definition) is 2. The molecular formula is C14H18N4. The monoisotopic (exact) mass is 242 g/mol. The lowest BCUT2D eigenvalue weighted by molar-refractivity contribution is 0.686. The Morgan fingerprint density at radius 2 is 2.39 bits per heavy atom. The van der Waals surface area contributed by atoms with Crippen LogP contribution in [0.2, 0.25) is 0 Å². The van der Waals surface area contributed by atoms with Crippen LogP contribution in [0.1, 0.15) is 12.0 Å². The lowest BCUT2D eigenvalue weighted by Crippen LogP contribution is -2.22. The summed E-state index contributed by atoms with van der Waals surface area (Å²) in [5, 5.41) is 11.2. The predicted molar refractivity (Wildman–Crippen MR) is 72.7 cm³/mol. The molecule has 1 atom stereocenters. The van der Waals surface area contributed by atoms with Crippen molar-refractivity contribution in [3.8, 4) is 0 Å². The third-order valence-corrected chi connectivity index (χ3v) is 3.26. The van der Waals surface area contributed by atoms with Gasteiger partial charge in [-0.05, 0) is 36.7 Å². The Kier molecular flexibility index (Phi) is 3.28. The standard InChI is InChI=1S/C14H18N4/c1-3-12(11-18-8-2-6-16-18)9-13(4-1)17-14-5-7-15-10-14/h1-4,6,8-9,14-15,17H,5,7,10-11H2.